The summed E-state index contributed by atoms with van der Waals surface area (Å²) in [6.07, 6.45) is 1.000. The molecular formula is C19H25ClN2O3. The number of halogens is 1. The second-order valence-electron chi connectivity index (χ2n) is 5.46. The van der Waals surface area contributed by atoms with Gasteiger partial charge in [0.15, 0.2) is 0 Å². The number of ether oxygens (including phenoxy) is 2. The smallest absolute Gasteiger partial charge is 0.226 e. The largest absolute Gasteiger partial charge is 0.491 e. The molecule has 0 saturated carbocycles. The molecule has 2 rings (SSSR count). The quantitative estimate of drug-likeness (QED) is 0.667. The fraction of sp³-hybridized carbons (Fsp3) is 0.316. The number of carbonyl (C=O) groups is 1. The standard InChI is InChI=1S/C19H24N2O3.ClH/c1-23-12-7-13-24-18-11-6-5-10-17(18)21-19(22)14-16(20)15-8-3-2-4-9-15;/h2-6,8-11,16H,7,12-14,20H2,1H3,(H,21,22);1H. The zero-order valence-corrected chi connectivity index (χ0v) is 15.1. The first-order valence-corrected chi connectivity index (χ1v) is 8.02. The number of para-hydroxylation sites is 2. The average Bonchev–Trinajstić information content (AvgIpc) is 2.60. The molecule has 136 valence electrons. The van der Waals surface area contributed by atoms with Crippen LogP contribution in [0, 0.1) is 0 Å². The summed E-state index contributed by atoms with van der Waals surface area (Å²) in [5.41, 5.74) is 7.69. The number of rotatable bonds is 9. The number of nitrogens with one attached hydrogen (secondary N) is 1. The highest BCUT2D eigenvalue weighted by Crippen LogP contribution is 2.24. The van der Waals surface area contributed by atoms with Crippen LogP contribution in [0.3, 0.4) is 0 Å². The Bertz CT molecular complexity index is 638. The average molecular weight is 365 g/mol. The third kappa shape index (κ3) is 7.13. The number of amides is 1. The lowest BCUT2D eigenvalue weighted by molar-refractivity contribution is -0.116. The van der Waals surface area contributed by atoms with E-state index >= 15 is 0 Å². The van der Waals surface area contributed by atoms with Crippen molar-refractivity contribution in [1.29, 1.82) is 0 Å². The number of methoxy groups -OCH3 is 1. The highest BCUT2D eigenvalue weighted by molar-refractivity contribution is 5.92. The predicted molar refractivity (Wildman–Crippen MR) is 102 cm³/mol. The summed E-state index contributed by atoms with van der Waals surface area (Å²) in [4.78, 5) is 12.3. The zero-order valence-electron chi connectivity index (χ0n) is 14.3. The molecule has 1 amide bonds. The SMILES string of the molecule is COCCCOc1ccccc1NC(=O)CC(N)c1ccccc1.Cl. The van der Waals surface area contributed by atoms with Crippen molar-refractivity contribution in [3.8, 4) is 5.75 Å². The molecular weight excluding hydrogens is 340 g/mol. The van der Waals surface area contributed by atoms with Crippen LogP contribution in [0.15, 0.2) is 54.6 Å². The van der Waals surface area contributed by atoms with Crippen LogP contribution in [-0.4, -0.2) is 26.2 Å². The molecule has 1 atom stereocenters. The van der Waals surface area contributed by atoms with Crippen molar-refractivity contribution in [2.45, 2.75) is 18.9 Å². The van der Waals surface area contributed by atoms with Crippen LogP contribution >= 0.6 is 12.4 Å². The third-order valence-corrected chi connectivity index (χ3v) is 3.54. The number of hydrogen-bond acceptors (Lipinski definition) is 4. The van der Waals surface area contributed by atoms with Gasteiger partial charge in [-0.2, -0.15) is 0 Å². The fourth-order valence-corrected chi connectivity index (χ4v) is 2.30. The van der Waals surface area contributed by atoms with Gasteiger partial charge in [-0.3, -0.25) is 4.79 Å². The molecule has 0 aliphatic heterocycles. The van der Waals surface area contributed by atoms with E-state index in [0.717, 1.165) is 12.0 Å². The van der Waals surface area contributed by atoms with Crippen molar-refractivity contribution in [3.05, 3.63) is 60.2 Å². The van der Waals surface area contributed by atoms with Crippen LogP contribution in [0.1, 0.15) is 24.4 Å². The summed E-state index contributed by atoms with van der Waals surface area (Å²) in [6.45, 7) is 1.17. The summed E-state index contributed by atoms with van der Waals surface area (Å²) in [5.74, 6) is 0.509. The van der Waals surface area contributed by atoms with E-state index in [1.54, 1.807) is 7.11 Å². The predicted octanol–water partition coefficient (Wildman–Crippen LogP) is 3.55. The minimum Gasteiger partial charge on any atom is -0.491 e. The van der Waals surface area contributed by atoms with Crippen LogP contribution in [0.4, 0.5) is 5.69 Å². The monoisotopic (exact) mass is 364 g/mol. The van der Waals surface area contributed by atoms with Crippen molar-refractivity contribution in [1.82, 2.24) is 0 Å². The van der Waals surface area contributed by atoms with Crippen LogP contribution in [-0.2, 0) is 9.53 Å². The lowest BCUT2D eigenvalue weighted by atomic mass is 10.0. The zero-order chi connectivity index (χ0) is 17.2. The van der Waals surface area contributed by atoms with Crippen molar-refractivity contribution in [3.63, 3.8) is 0 Å². The van der Waals surface area contributed by atoms with Gasteiger partial charge in [-0.25, -0.2) is 0 Å². The first kappa shape index (κ1) is 21.0. The van der Waals surface area contributed by atoms with Crippen molar-refractivity contribution in [2.75, 3.05) is 25.6 Å². The summed E-state index contributed by atoms with van der Waals surface area (Å²) in [7, 11) is 1.66. The molecule has 0 aliphatic carbocycles. The van der Waals surface area contributed by atoms with Gasteiger partial charge in [0.25, 0.3) is 0 Å². The van der Waals surface area contributed by atoms with Gasteiger partial charge in [0.1, 0.15) is 5.75 Å². The Labute approximate surface area is 154 Å². The van der Waals surface area contributed by atoms with Crippen molar-refractivity contribution in [2.24, 2.45) is 5.73 Å². The van der Waals surface area contributed by atoms with Gasteiger partial charge in [0.05, 0.1) is 12.3 Å². The van der Waals surface area contributed by atoms with E-state index in [4.69, 9.17) is 15.2 Å². The summed E-state index contributed by atoms with van der Waals surface area (Å²) in [5, 5.41) is 2.88. The number of benzene rings is 2. The second kappa shape index (κ2) is 11.5. The van der Waals surface area contributed by atoms with E-state index in [9.17, 15) is 4.79 Å². The highest BCUT2D eigenvalue weighted by atomic mass is 35.5. The van der Waals surface area contributed by atoms with Crippen LogP contribution < -0.4 is 15.8 Å². The normalized spacial score (nSPS) is 11.3. The molecule has 2 aromatic carbocycles. The maximum Gasteiger partial charge on any atom is 0.226 e. The molecule has 0 heterocycles. The topological polar surface area (TPSA) is 73.6 Å². The van der Waals surface area contributed by atoms with Gasteiger partial charge in [0.2, 0.25) is 5.91 Å². The van der Waals surface area contributed by atoms with Gasteiger partial charge >= 0.3 is 0 Å². The molecule has 0 radical (unpaired) electrons. The van der Waals surface area contributed by atoms with Crippen LogP contribution in [0.2, 0.25) is 0 Å². The minimum absolute atomic E-state index is 0. The molecule has 0 aliphatic rings. The van der Waals surface area contributed by atoms with E-state index in [0.29, 0.717) is 24.7 Å². The van der Waals surface area contributed by atoms with E-state index < -0.39 is 0 Å². The molecule has 3 N–H and O–H groups in total. The second-order valence-corrected chi connectivity index (χ2v) is 5.46. The lowest BCUT2D eigenvalue weighted by Gasteiger charge is -2.15. The van der Waals surface area contributed by atoms with Gasteiger partial charge in [-0.15, -0.1) is 12.4 Å². The maximum atomic E-state index is 12.3. The number of hydrogen-bond donors (Lipinski definition) is 2. The van der Waals surface area contributed by atoms with Gasteiger partial charge in [0, 0.05) is 32.6 Å². The fourth-order valence-electron chi connectivity index (χ4n) is 2.30. The van der Waals surface area contributed by atoms with Crippen LogP contribution in [0.5, 0.6) is 5.75 Å². The minimum atomic E-state index is -0.332. The Morgan fingerprint density at radius 3 is 2.48 bits per heavy atom. The van der Waals surface area contributed by atoms with E-state index in [-0.39, 0.29) is 30.8 Å². The Morgan fingerprint density at radius 2 is 1.76 bits per heavy atom. The summed E-state index contributed by atoms with van der Waals surface area (Å²) in [6, 6.07) is 16.6. The van der Waals surface area contributed by atoms with E-state index in [1.807, 2.05) is 54.6 Å². The molecule has 25 heavy (non-hydrogen) atoms. The Morgan fingerprint density at radius 1 is 1.08 bits per heavy atom. The molecule has 0 bridgehead atoms. The number of nitrogens with two attached hydrogens (primary N) is 1. The summed E-state index contributed by atoms with van der Waals surface area (Å²) >= 11 is 0. The van der Waals surface area contributed by atoms with Gasteiger partial charge in [-0.1, -0.05) is 42.5 Å². The molecule has 2 aromatic rings. The molecule has 0 aromatic heterocycles. The molecule has 5 nitrogen and oxygen atoms in total. The van der Waals surface area contributed by atoms with E-state index in [2.05, 4.69) is 5.32 Å². The molecule has 0 fully saturated rings. The Kier molecular flexibility index (Phi) is 9.62. The third-order valence-electron chi connectivity index (χ3n) is 3.54. The number of carbonyl (C=O) groups excluding carboxylic acids is 1. The van der Waals surface area contributed by atoms with Crippen molar-refractivity contribution >= 4 is 24.0 Å². The van der Waals surface area contributed by atoms with Crippen LogP contribution in [0.25, 0.3) is 0 Å². The maximum absolute atomic E-state index is 12.3. The highest BCUT2D eigenvalue weighted by Gasteiger charge is 2.13. The molecule has 6 heteroatoms. The number of anilines is 1. The molecule has 0 saturated heterocycles. The van der Waals surface area contributed by atoms with Gasteiger partial charge in [-0.05, 0) is 17.7 Å². The van der Waals surface area contributed by atoms with Gasteiger partial charge < -0.3 is 20.5 Å². The lowest BCUT2D eigenvalue weighted by Crippen LogP contribution is -2.21. The molecule has 1 unspecified atom stereocenters. The first-order chi connectivity index (χ1) is 11.7. The summed E-state index contributed by atoms with van der Waals surface area (Å²) < 4.78 is 10.7. The van der Waals surface area contributed by atoms with Crippen molar-refractivity contribution < 1.29 is 14.3 Å². The Hall–Kier alpha value is -2.08. The van der Waals surface area contributed by atoms with E-state index in [1.165, 1.54) is 0 Å². The molecule has 0 spiro atoms. The Balaban J connectivity index is 0.00000312. The first-order valence-electron chi connectivity index (χ1n) is 8.02.